The van der Waals surface area contributed by atoms with E-state index < -0.39 is 0 Å². The van der Waals surface area contributed by atoms with Crippen LogP contribution in [-0.4, -0.2) is 19.8 Å². The highest BCUT2D eigenvalue weighted by Crippen LogP contribution is 2.35. The zero-order valence-electron chi connectivity index (χ0n) is 11.3. The Labute approximate surface area is 108 Å². The number of ether oxygens (including phenoxy) is 2. The molecule has 4 heteroatoms. The van der Waals surface area contributed by atoms with E-state index in [0.29, 0.717) is 5.92 Å². The normalized spacial score (nSPS) is 25.1. The smallest absolute Gasteiger partial charge is 0.119 e. The minimum Gasteiger partial charge on any atom is -0.497 e. The number of benzene rings is 1. The van der Waals surface area contributed by atoms with Gasteiger partial charge in [0.25, 0.3) is 0 Å². The van der Waals surface area contributed by atoms with E-state index in [4.69, 9.17) is 15.3 Å². The molecule has 0 saturated carbocycles. The average molecular weight is 250 g/mol. The topological polar surface area (TPSA) is 56.5 Å². The first-order chi connectivity index (χ1) is 8.67. The Morgan fingerprint density at radius 3 is 2.78 bits per heavy atom. The number of rotatable bonds is 4. The van der Waals surface area contributed by atoms with Crippen molar-refractivity contribution in [2.75, 3.05) is 13.7 Å². The first-order valence-electron chi connectivity index (χ1n) is 6.39. The summed E-state index contributed by atoms with van der Waals surface area (Å²) in [4.78, 5) is 0. The molecule has 3 N–H and O–H groups in total. The Morgan fingerprint density at radius 2 is 2.28 bits per heavy atom. The third-order valence-electron chi connectivity index (χ3n) is 3.85. The van der Waals surface area contributed by atoms with E-state index in [1.165, 1.54) is 11.1 Å². The number of methoxy groups -OCH3 is 1. The highest BCUT2D eigenvalue weighted by atomic mass is 16.5. The Balaban J connectivity index is 2.27. The lowest BCUT2D eigenvalue weighted by Gasteiger charge is -2.27. The molecule has 0 aromatic heterocycles. The van der Waals surface area contributed by atoms with E-state index in [9.17, 15) is 0 Å². The van der Waals surface area contributed by atoms with Gasteiger partial charge in [0.1, 0.15) is 5.75 Å². The van der Waals surface area contributed by atoms with E-state index in [1.807, 2.05) is 12.1 Å². The summed E-state index contributed by atoms with van der Waals surface area (Å²) in [5.74, 6) is 7.05. The number of hydrazine groups is 1. The molecular weight excluding hydrogens is 228 g/mol. The van der Waals surface area contributed by atoms with Crippen molar-refractivity contribution in [3.63, 3.8) is 0 Å². The fraction of sp³-hybridized carbons (Fsp3) is 0.571. The highest BCUT2D eigenvalue weighted by Gasteiger charge is 2.32. The third-order valence-corrected chi connectivity index (χ3v) is 3.85. The van der Waals surface area contributed by atoms with E-state index >= 15 is 0 Å². The standard InChI is InChI=1S/C14H22N2O2/c1-9-8-11(17-3)4-5-12(9)14(16-15)13-6-7-18-10(13)2/h4-5,8,10,13-14,16H,6-7,15H2,1-3H3. The maximum atomic E-state index is 5.75. The number of nitrogens with two attached hydrogens (primary N) is 1. The van der Waals surface area contributed by atoms with Gasteiger partial charge in [-0.1, -0.05) is 6.07 Å². The van der Waals surface area contributed by atoms with Crippen LogP contribution in [0.15, 0.2) is 18.2 Å². The SMILES string of the molecule is COc1ccc(C(NN)C2CCOC2C)c(C)c1. The van der Waals surface area contributed by atoms with Crippen molar-refractivity contribution in [2.24, 2.45) is 11.8 Å². The van der Waals surface area contributed by atoms with Gasteiger partial charge in [0, 0.05) is 12.5 Å². The van der Waals surface area contributed by atoms with Crippen molar-refractivity contribution in [1.82, 2.24) is 5.43 Å². The molecule has 1 heterocycles. The summed E-state index contributed by atoms with van der Waals surface area (Å²) in [6.07, 6.45) is 1.29. The van der Waals surface area contributed by atoms with Crippen molar-refractivity contribution < 1.29 is 9.47 Å². The lowest BCUT2D eigenvalue weighted by atomic mass is 9.87. The quantitative estimate of drug-likeness (QED) is 0.633. The van der Waals surface area contributed by atoms with Crippen LogP contribution in [0.4, 0.5) is 0 Å². The lowest BCUT2D eigenvalue weighted by Crippen LogP contribution is -2.36. The van der Waals surface area contributed by atoms with Gasteiger partial charge >= 0.3 is 0 Å². The summed E-state index contributed by atoms with van der Waals surface area (Å²) in [5.41, 5.74) is 5.36. The molecular formula is C14H22N2O2. The summed E-state index contributed by atoms with van der Waals surface area (Å²) in [6, 6.07) is 6.24. The van der Waals surface area contributed by atoms with Gasteiger partial charge in [-0.25, -0.2) is 0 Å². The maximum Gasteiger partial charge on any atom is 0.119 e. The molecule has 0 spiro atoms. The summed E-state index contributed by atoms with van der Waals surface area (Å²) in [6.45, 7) is 5.02. The molecule has 1 aromatic carbocycles. The van der Waals surface area contributed by atoms with Gasteiger partial charge < -0.3 is 9.47 Å². The summed E-state index contributed by atoms with van der Waals surface area (Å²) in [5, 5.41) is 0. The molecule has 0 amide bonds. The van der Waals surface area contributed by atoms with E-state index in [2.05, 4.69) is 25.3 Å². The van der Waals surface area contributed by atoms with Crippen LogP contribution in [0.25, 0.3) is 0 Å². The number of nitrogens with one attached hydrogen (secondary N) is 1. The zero-order chi connectivity index (χ0) is 13.1. The lowest BCUT2D eigenvalue weighted by molar-refractivity contribution is 0.0953. The van der Waals surface area contributed by atoms with Gasteiger partial charge in [-0.05, 0) is 43.5 Å². The Hall–Kier alpha value is -1.10. The Morgan fingerprint density at radius 1 is 1.50 bits per heavy atom. The average Bonchev–Trinajstić information content (AvgIpc) is 2.78. The van der Waals surface area contributed by atoms with Crippen LogP contribution >= 0.6 is 0 Å². The van der Waals surface area contributed by atoms with Crippen LogP contribution in [0.3, 0.4) is 0 Å². The van der Waals surface area contributed by atoms with Crippen LogP contribution in [-0.2, 0) is 4.74 Å². The van der Waals surface area contributed by atoms with Gasteiger partial charge in [-0.3, -0.25) is 11.3 Å². The minimum atomic E-state index is 0.133. The molecule has 4 nitrogen and oxygen atoms in total. The Kier molecular flexibility index (Phi) is 4.22. The van der Waals surface area contributed by atoms with Gasteiger partial charge in [0.2, 0.25) is 0 Å². The summed E-state index contributed by atoms with van der Waals surface area (Å²) < 4.78 is 10.9. The monoisotopic (exact) mass is 250 g/mol. The summed E-state index contributed by atoms with van der Waals surface area (Å²) in [7, 11) is 1.68. The Bertz CT molecular complexity index is 409. The van der Waals surface area contributed by atoms with Crippen molar-refractivity contribution in [3.8, 4) is 5.75 Å². The van der Waals surface area contributed by atoms with Gasteiger partial charge in [0.05, 0.1) is 19.3 Å². The van der Waals surface area contributed by atoms with Crippen LogP contribution in [0, 0.1) is 12.8 Å². The zero-order valence-corrected chi connectivity index (χ0v) is 11.3. The van der Waals surface area contributed by atoms with Crippen molar-refractivity contribution in [3.05, 3.63) is 29.3 Å². The molecule has 1 saturated heterocycles. The molecule has 100 valence electrons. The molecule has 0 aliphatic carbocycles. The molecule has 1 aliphatic rings. The van der Waals surface area contributed by atoms with Crippen molar-refractivity contribution in [1.29, 1.82) is 0 Å². The molecule has 2 rings (SSSR count). The second kappa shape index (κ2) is 5.69. The number of aryl methyl sites for hydroxylation is 1. The van der Waals surface area contributed by atoms with Gasteiger partial charge in [0.15, 0.2) is 0 Å². The maximum absolute atomic E-state index is 5.75. The molecule has 1 aromatic rings. The molecule has 0 bridgehead atoms. The molecule has 18 heavy (non-hydrogen) atoms. The van der Waals surface area contributed by atoms with Crippen LogP contribution in [0.1, 0.15) is 30.5 Å². The highest BCUT2D eigenvalue weighted by molar-refractivity contribution is 5.37. The molecule has 0 radical (unpaired) electrons. The predicted molar refractivity (Wildman–Crippen MR) is 71.3 cm³/mol. The summed E-state index contributed by atoms with van der Waals surface area (Å²) >= 11 is 0. The van der Waals surface area contributed by atoms with Crippen molar-refractivity contribution >= 4 is 0 Å². The predicted octanol–water partition coefficient (Wildman–Crippen LogP) is 1.93. The molecule has 3 unspecified atom stereocenters. The number of hydrogen-bond donors (Lipinski definition) is 2. The van der Waals surface area contributed by atoms with E-state index in [0.717, 1.165) is 18.8 Å². The van der Waals surface area contributed by atoms with E-state index in [1.54, 1.807) is 7.11 Å². The second-order valence-corrected chi connectivity index (χ2v) is 4.90. The fourth-order valence-electron chi connectivity index (χ4n) is 2.75. The van der Waals surface area contributed by atoms with Crippen molar-refractivity contribution in [2.45, 2.75) is 32.4 Å². The molecule has 3 atom stereocenters. The van der Waals surface area contributed by atoms with Gasteiger partial charge in [-0.15, -0.1) is 0 Å². The second-order valence-electron chi connectivity index (χ2n) is 4.90. The van der Waals surface area contributed by atoms with Gasteiger partial charge in [-0.2, -0.15) is 0 Å². The molecule has 1 fully saturated rings. The first kappa shape index (κ1) is 13.3. The number of hydrogen-bond acceptors (Lipinski definition) is 4. The van der Waals surface area contributed by atoms with Crippen LogP contribution in [0.2, 0.25) is 0 Å². The first-order valence-corrected chi connectivity index (χ1v) is 6.39. The fourth-order valence-corrected chi connectivity index (χ4v) is 2.75. The van der Waals surface area contributed by atoms with Crippen LogP contribution in [0.5, 0.6) is 5.75 Å². The molecule has 1 aliphatic heterocycles. The van der Waals surface area contributed by atoms with E-state index in [-0.39, 0.29) is 12.1 Å². The largest absolute Gasteiger partial charge is 0.497 e. The third kappa shape index (κ3) is 2.51. The minimum absolute atomic E-state index is 0.133. The van der Waals surface area contributed by atoms with Crippen LogP contribution < -0.4 is 16.0 Å².